The van der Waals surface area contributed by atoms with Crippen molar-refractivity contribution in [2.45, 2.75) is 0 Å². The van der Waals surface area contributed by atoms with E-state index in [2.05, 4.69) is 0 Å². The Kier molecular flexibility index (Phi) is 71300. The Labute approximate surface area is 42.6 Å². The van der Waals surface area contributed by atoms with Crippen molar-refractivity contribution in [3.05, 3.63) is 0 Å². The molecule has 0 unspecified atom stereocenters. The van der Waals surface area contributed by atoms with E-state index >= 15 is 0 Å². The first-order valence-electron chi connectivity index (χ1n) is 0.144. The van der Waals surface area contributed by atoms with Crippen molar-refractivity contribution in [1.82, 2.24) is 0 Å². The third-order valence-corrected chi connectivity index (χ3v) is 0. The Morgan fingerprint density at radius 3 is 0.667 bits per heavy atom. The Hall–Kier alpha value is 0.159. The molecule has 5 nitrogen and oxygen atoms in total. The van der Waals surface area contributed by atoms with Crippen LogP contribution < -0.4 is 0 Å². The van der Waals surface area contributed by atoms with Gasteiger partial charge in [-0.25, -0.2) is 0 Å². The van der Waals surface area contributed by atoms with Crippen LogP contribution >= 0.6 is 0 Å². The molecule has 8 N–H and O–H groups in total. The molecule has 0 aromatic heterocycles. The van der Waals surface area contributed by atoms with Gasteiger partial charge in [-0.1, -0.05) is 0 Å². The molecule has 6 heteroatoms. The van der Waals surface area contributed by atoms with Crippen molar-refractivity contribution in [3.8, 4) is 0 Å². The normalized spacial score (nSPS) is 0.833. The summed E-state index contributed by atoms with van der Waals surface area (Å²) >= 11 is 2.00. The Balaban J connectivity index is -0.000000000833. The van der Waals surface area contributed by atoms with E-state index in [4.69, 9.17) is 3.83 Å². The first kappa shape index (κ1) is 122. The van der Waals surface area contributed by atoms with Crippen LogP contribution in [-0.4, -0.2) is 21.9 Å². The zero-order chi connectivity index (χ0) is 2.00. The van der Waals surface area contributed by atoms with Gasteiger partial charge >= 0.3 is 19.8 Å². The fourth-order valence-corrected chi connectivity index (χ4v) is 0. The van der Waals surface area contributed by atoms with Crippen molar-refractivity contribution < 1.29 is 41.7 Å². The van der Waals surface area contributed by atoms with Gasteiger partial charge in [-0.05, 0) is 0 Å². The number of hydrogen-bond acceptors (Lipinski definition) is 1. The minimum absolute atomic E-state index is 0. The molecule has 0 fully saturated rings. The van der Waals surface area contributed by atoms with Gasteiger partial charge in [0.15, 0.2) is 0 Å². The average Bonchev–Trinajstić information content (AvgIpc) is 1.00. The van der Waals surface area contributed by atoms with Gasteiger partial charge in [0.2, 0.25) is 0 Å². The zero-order valence-corrected chi connectivity index (χ0v) is 3.87. The second-order valence-corrected chi connectivity index (χ2v) is 0. The summed E-state index contributed by atoms with van der Waals surface area (Å²) in [6.45, 7) is 0. The van der Waals surface area contributed by atoms with Crippen molar-refractivity contribution in [2.75, 3.05) is 0 Å². The summed E-state index contributed by atoms with van der Waals surface area (Å²) in [5.41, 5.74) is 0. The van der Waals surface area contributed by atoms with Crippen LogP contribution in [0.5, 0.6) is 0 Å². The summed E-state index contributed by atoms with van der Waals surface area (Å²) in [4.78, 5) is 0. The molecule has 0 aliphatic carbocycles. The molecule has 0 aromatic carbocycles. The molecule has 0 aliphatic heterocycles. The van der Waals surface area contributed by atoms with Gasteiger partial charge in [-0.15, -0.1) is 0 Å². The third kappa shape index (κ3) is 1630. The summed E-state index contributed by atoms with van der Waals surface area (Å²) in [5, 5.41) is 0. The molecule has 0 rings (SSSR count). The van der Waals surface area contributed by atoms with E-state index in [-0.39, 0.29) is 21.9 Å². The molecule has 0 bridgehead atoms. The van der Waals surface area contributed by atoms with Crippen LogP contribution in [0.15, 0.2) is 0 Å². The summed E-state index contributed by atoms with van der Waals surface area (Å²) in [6.07, 6.45) is 0. The quantitative estimate of drug-likeness (QED) is 0.320. The van der Waals surface area contributed by atoms with Crippen molar-refractivity contribution >= 4 is 0 Å². The molecular formula is H8FeO5. The molecule has 0 heterocycles. The average molecular weight is 144 g/mol. The van der Waals surface area contributed by atoms with E-state index in [0.29, 0.717) is 0 Å². The topological polar surface area (TPSA) is 143 Å². The van der Waals surface area contributed by atoms with Gasteiger partial charge < -0.3 is 21.9 Å². The standard InChI is InChI=1S/Fe.4H2O.O/h;4*1H2;. The van der Waals surface area contributed by atoms with Gasteiger partial charge in [-0.3, -0.25) is 0 Å². The van der Waals surface area contributed by atoms with E-state index in [0.717, 1.165) is 0 Å². The van der Waals surface area contributed by atoms with Crippen LogP contribution in [0.1, 0.15) is 0 Å². The molecule has 6 heavy (non-hydrogen) atoms. The minimum atomic E-state index is 0. The second-order valence-electron chi connectivity index (χ2n) is 0. The van der Waals surface area contributed by atoms with Crippen molar-refractivity contribution in [1.29, 1.82) is 0 Å². The predicted molar refractivity (Wildman–Crippen MR) is 15.1 cm³/mol. The first-order chi connectivity index (χ1) is 1.00. The van der Waals surface area contributed by atoms with Crippen molar-refractivity contribution in [2.24, 2.45) is 0 Å². The van der Waals surface area contributed by atoms with Crippen LogP contribution in [0, 0.1) is 0 Å². The van der Waals surface area contributed by atoms with E-state index in [1.54, 1.807) is 0 Å². The van der Waals surface area contributed by atoms with Crippen LogP contribution in [0.2, 0.25) is 0 Å². The first-order valence-corrected chi connectivity index (χ1v) is 0.595. The fourth-order valence-electron chi connectivity index (χ4n) is 0. The summed E-state index contributed by atoms with van der Waals surface area (Å²) in [6, 6.07) is 0. The molecule has 0 saturated carbocycles. The van der Waals surface area contributed by atoms with Gasteiger partial charge in [0.05, 0.1) is 0 Å². The Morgan fingerprint density at radius 1 is 0.667 bits per heavy atom. The van der Waals surface area contributed by atoms with E-state index in [1.165, 1.54) is 0 Å². The molecule has 0 aliphatic rings. The molecule has 0 amide bonds. The Morgan fingerprint density at radius 2 is 0.667 bits per heavy atom. The third-order valence-electron chi connectivity index (χ3n) is 0. The predicted octanol–water partition coefficient (Wildman–Crippen LogP) is -3.42. The maximum absolute atomic E-state index is 8.00. The Bertz CT molecular complexity index is 3.90. The number of hydrogen-bond donors (Lipinski definition) is 0. The summed E-state index contributed by atoms with van der Waals surface area (Å²) < 4.78 is 8.00. The maximum atomic E-state index is 8.00. The van der Waals surface area contributed by atoms with Gasteiger partial charge in [0, 0.05) is 0 Å². The number of rotatable bonds is 0. The fraction of sp³-hybridized carbons (Fsp3) is 0. The van der Waals surface area contributed by atoms with Crippen LogP contribution in [0.3, 0.4) is 0 Å². The van der Waals surface area contributed by atoms with Gasteiger partial charge in [0.1, 0.15) is 0 Å². The molecule has 0 radical (unpaired) electrons. The molecular weight excluding hydrogens is 136 g/mol. The molecule has 0 saturated heterocycles. The SMILES string of the molecule is O.O.O.O.[O]=[Fe]. The second kappa shape index (κ2) is 3510. The molecule has 46 valence electrons. The van der Waals surface area contributed by atoms with Gasteiger partial charge in [0.25, 0.3) is 0 Å². The molecule has 0 atom stereocenters. The monoisotopic (exact) mass is 144 g/mol. The van der Waals surface area contributed by atoms with Crippen molar-refractivity contribution in [3.63, 3.8) is 0 Å². The van der Waals surface area contributed by atoms with Crippen LogP contribution in [0.25, 0.3) is 0 Å². The van der Waals surface area contributed by atoms with Crippen LogP contribution in [0.4, 0.5) is 0 Å². The molecule has 0 aromatic rings. The van der Waals surface area contributed by atoms with E-state index in [9.17, 15) is 0 Å². The molecule has 0 spiro atoms. The van der Waals surface area contributed by atoms with E-state index in [1.807, 2.05) is 15.9 Å². The van der Waals surface area contributed by atoms with Gasteiger partial charge in [-0.2, -0.15) is 0 Å². The summed E-state index contributed by atoms with van der Waals surface area (Å²) in [7, 11) is 0. The summed E-state index contributed by atoms with van der Waals surface area (Å²) in [5.74, 6) is 0. The zero-order valence-electron chi connectivity index (χ0n) is 2.76. The van der Waals surface area contributed by atoms with E-state index < -0.39 is 0 Å². The van der Waals surface area contributed by atoms with Crippen LogP contribution in [-0.2, 0) is 19.8 Å².